The molecule has 2 rings (SSSR count). The second kappa shape index (κ2) is 8.05. The fraction of sp³-hybridized carbons (Fsp3) is 0.176. The molecule has 0 spiro atoms. The summed E-state index contributed by atoms with van der Waals surface area (Å²) >= 11 is 0. The molecule has 2 N–H and O–H groups in total. The van der Waals surface area contributed by atoms with E-state index in [1.54, 1.807) is 54.4 Å². The second-order valence-electron chi connectivity index (χ2n) is 5.17. The van der Waals surface area contributed by atoms with Crippen LogP contribution in [0.5, 0.6) is 0 Å². The Labute approximate surface area is 134 Å². The van der Waals surface area contributed by atoms with Gasteiger partial charge in [0.15, 0.2) is 0 Å². The number of nitrogens with zero attached hydrogens (tertiary/aromatic N) is 1. The van der Waals surface area contributed by atoms with Crippen molar-refractivity contribution in [2.24, 2.45) is 0 Å². The Balaban J connectivity index is 1.75. The van der Waals surface area contributed by atoms with E-state index in [2.05, 4.69) is 10.9 Å². The maximum absolute atomic E-state index is 12.8. The summed E-state index contributed by atoms with van der Waals surface area (Å²) in [5, 5.41) is 0. The van der Waals surface area contributed by atoms with E-state index in [0.29, 0.717) is 12.1 Å². The van der Waals surface area contributed by atoms with Crippen molar-refractivity contribution in [2.75, 3.05) is 13.6 Å². The first-order valence-corrected chi connectivity index (χ1v) is 7.12. The summed E-state index contributed by atoms with van der Waals surface area (Å²) in [4.78, 5) is 25.4. The lowest BCUT2D eigenvalue weighted by molar-refractivity contribution is -0.122. The van der Waals surface area contributed by atoms with Crippen LogP contribution in [0.15, 0.2) is 54.6 Å². The molecule has 2 amide bonds. The number of likely N-dealkylation sites (N-methyl/N-ethyl adjacent to an activating group) is 1. The lowest BCUT2D eigenvalue weighted by Crippen LogP contribution is -2.45. The highest BCUT2D eigenvalue weighted by atomic mass is 19.1. The molecular formula is C17H18FN3O2. The predicted molar refractivity (Wildman–Crippen MR) is 84.8 cm³/mol. The van der Waals surface area contributed by atoms with Gasteiger partial charge in [0.2, 0.25) is 0 Å². The minimum absolute atomic E-state index is 0.104. The average molecular weight is 315 g/mol. The van der Waals surface area contributed by atoms with E-state index in [1.165, 1.54) is 12.1 Å². The topological polar surface area (TPSA) is 61.4 Å². The van der Waals surface area contributed by atoms with Crippen LogP contribution in [0.2, 0.25) is 0 Å². The first-order valence-electron chi connectivity index (χ1n) is 7.12. The molecule has 0 aliphatic heterocycles. The first kappa shape index (κ1) is 16.6. The van der Waals surface area contributed by atoms with Crippen LogP contribution in [0.25, 0.3) is 0 Å². The smallest absolute Gasteiger partial charge is 0.269 e. The largest absolute Gasteiger partial charge is 0.293 e. The molecule has 0 unspecified atom stereocenters. The van der Waals surface area contributed by atoms with Gasteiger partial charge in [-0.05, 0) is 36.9 Å². The van der Waals surface area contributed by atoms with Crippen LogP contribution in [-0.2, 0) is 11.3 Å². The molecule has 23 heavy (non-hydrogen) atoms. The number of rotatable bonds is 5. The van der Waals surface area contributed by atoms with Crippen molar-refractivity contribution in [3.63, 3.8) is 0 Å². The SMILES string of the molecule is CN(CC(=O)NNC(=O)c1ccccc1)Cc1ccc(F)cc1. The molecule has 5 nitrogen and oxygen atoms in total. The number of halogens is 1. The number of hydrogen-bond acceptors (Lipinski definition) is 3. The minimum Gasteiger partial charge on any atom is -0.293 e. The number of carbonyl (C=O) groups excluding carboxylic acids is 2. The molecule has 0 aliphatic rings. The molecule has 0 atom stereocenters. The molecule has 0 fully saturated rings. The molecule has 0 saturated carbocycles. The summed E-state index contributed by atoms with van der Waals surface area (Å²) in [6.07, 6.45) is 0. The van der Waals surface area contributed by atoms with Crippen molar-refractivity contribution in [2.45, 2.75) is 6.54 Å². The molecule has 0 radical (unpaired) electrons. The normalized spacial score (nSPS) is 10.4. The third-order valence-corrected chi connectivity index (χ3v) is 3.13. The number of amides is 2. The van der Waals surface area contributed by atoms with Gasteiger partial charge in [0.25, 0.3) is 11.8 Å². The van der Waals surface area contributed by atoms with Gasteiger partial charge in [0, 0.05) is 12.1 Å². The molecule has 120 valence electrons. The van der Waals surface area contributed by atoms with E-state index in [0.717, 1.165) is 5.56 Å². The quantitative estimate of drug-likeness (QED) is 0.826. The third kappa shape index (κ3) is 5.52. The first-order chi connectivity index (χ1) is 11.0. The number of nitrogens with one attached hydrogen (secondary N) is 2. The zero-order chi connectivity index (χ0) is 16.7. The highest BCUT2D eigenvalue weighted by Gasteiger charge is 2.09. The molecule has 0 saturated heterocycles. The molecule has 2 aromatic rings. The van der Waals surface area contributed by atoms with Crippen LogP contribution in [0.4, 0.5) is 4.39 Å². The Morgan fingerprint density at radius 1 is 1.00 bits per heavy atom. The van der Waals surface area contributed by atoms with Crippen LogP contribution in [0, 0.1) is 5.82 Å². The molecule has 0 bridgehead atoms. The molecule has 2 aromatic carbocycles. The second-order valence-corrected chi connectivity index (χ2v) is 5.17. The minimum atomic E-state index is -0.375. The Kier molecular flexibility index (Phi) is 5.82. The van der Waals surface area contributed by atoms with Gasteiger partial charge in [0.1, 0.15) is 5.82 Å². The summed E-state index contributed by atoms with van der Waals surface area (Å²) in [6, 6.07) is 14.7. The van der Waals surface area contributed by atoms with Crippen molar-refractivity contribution in [3.05, 3.63) is 71.5 Å². The Bertz CT molecular complexity index is 659. The van der Waals surface area contributed by atoms with Crippen LogP contribution < -0.4 is 10.9 Å². The molecule has 0 aromatic heterocycles. The van der Waals surface area contributed by atoms with E-state index >= 15 is 0 Å². The number of hydrogen-bond donors (Lipinski definition) is 2. The van der Waals surface area contributed by atoms with Crippen molar-refractivity contribution >= 4 is 11.8 Å². The van der Waals surface area contributed by atoms with Gasteiger partial charge >= 0.3 is 0 Å². The maximum atomic E-state index is 12.8. The van der Waals surface area contributed by atoms with Gasteiger partial charge in [0.05, 0.1) is 6.54 Å². The average Bonchev–Trinajstić information content (AvgIpc) is 2.55. The van der Waals surface area contributed by atoms with Gasteiger partial charge in [-0.2, -0.15) is 0 Å². The summed E-state index contributed by atoms with van der Waals surface area (Å²) in [5.74, 6) is -1.00. The van der Waals surface area contributed by atoms with E-state index in [-0.39, 0.29) is 24.2 Å². The number of benzene rings is 2. The summed E-state index contributed by atoms with van der Waals surface area (Å²) < 4.78 is 12.8. The Hall–Kier alpha value is -2.73. The van der Waals surface area contributed by atoms with Crippen LogP contribution in [0.1, 0.15) is 15.9 Å². The summed E-state index contributed by atoms with van der Waals surface area (Å²) in [6.45, 7) is 0.604. The lowest BCUT2D eigenvalue weighted by atomic mass is 10.2. The number of hydrazine groups is 1. The van der Waals surface area contributed by atoms with Crippen molar-refractivity contribution in [1.29, 1.82) is 0 Å². The van der Waals surface area contributed by atoms with Gasteiger partial charge in [-0.3, -0.25) is 25.3 Å². The standard InChI is InChI=1S/C17H18FN3O2/c1-21(11-13-7-9-15(18)10-8-13)12-16(22)19-20-17(23)14-5-3-2-4-6-14/h2-10H,11-12H2,1H3,(H,19,22)(H,20,23). The Morgan fingerprint density at radius 3 is 2.30 bits per heavy atom. The van der Waals surface area contributed by atoms with Gasteiger partial charge in [-0.25, -0.2) is 4.39 Å². The molecule has 6 heteroatoms. The highest BCUT2D eigenvalue weighted by molar-refractivity contribution is 5.95. The fourth-order valence-corrected chi connectivity index (χ4v) is 2.03. The molecule has 0 aliphatic carbocycles. The van der Waals surface area contributed by atoms with Gasteiger partial charge < -0.3 is 0 Å². The Morgan fingerprint density at radius 2 is 1.65 bits per heavy atom. The van der Waals surface area contributed by atoms with Crippen LogP contribution >= 0.6 is 0 Å². The number of carbonyl (C=O) groups is 2. The van der Waals surface area contributed by atoms with Crippen LogP contribution in [-0.4, -0.2) is 30.3 Å². The molecular weight excluding hydrogens is 297 g/mol. The van der Waals surface area contributed by atoms with Gasteiger partial charge in [-0.1, -0.05) is 30.3 Å². The highest BCUT2D eigenvalue weighted by Crippen LogP contribution is 2.05. The fourth-order valence-electron chi connectivity index (χ4n) is 2.03. The van der Waals surface area contributed by atoms with Gasteiger partial charge in [-0.15, -0.1) is 0 Å². The van der Waals surface area contributed by atoms with E-state index in [1.807, 2.05) is 0 Å². The van der Waals surface area contributed by atoms with E-state index in [9.17, 15) is 14.0 Å². The maximum Gasteiger partial charge on any atom is 0.269 e. The monoisotopic (exact) mass is 315 g/mol. The lowest BCUT2D eigenvalue weighted by Gasteiger charge is -2.16. The van der Waals surface area contributed by atoms with Crippen molar-refractivity contribution in [1.82, 2.24) is 15.8 Å². The molecule has 0 heterocycles. The summed E-state index contributed by atoms with van der Waals surface area (Å²) in [7, 11) is 1.77. The third-order valence-electron chi connectivity index (χ3n) is 3.13. The van der Waals surface area contributed by atoms with Crippen LogP contribution in [0.3, 0.4) is 0 Å². The zero-order valence-corrected chi connectivity index (χ0v) is 12.8. The predicted octanol–water partition coefficient (Wildman–Crippen LogP) is 1.72. The van der Waals surface area contributed by atoms with E-state index < -0.39 is 0 Å². The zero-order valence-electron chi connectivity index (χ0n) is 12.8. The summed E-state index contributed by atoms with van der Waals surface area (Å²) in [5.41, 5.74) is 6.09. The van der Waals surface area contributed by atoms with Crippen molar-refractivity contribution < 1.29 is 14.0 Å². The van der Waals surface area contributed by atoms with Crippen molar-refractivity contribution in [3.8, 4) is 0 Å². The van der Waals surface area contributed by atoms with E-state index in [4.69, 9.17) is 0 Å².